The Labute approximate surface area is 167 Å². The maximum absolute atomic E-state index is 12.0. The Morgan fingerprint density at radius 2 is 1.97 bits per heavy atom. The fraction of sp³-hybridized carbons (Fsp3) is 0.471. The van der Waals surface area contributed by atoms with Crippen LogP contribution in [0.25, 0.3) is 0 Å². The van der Waals surface area contributed by atoms with Crippen molar-refractivity contribution in [3.63, 3.8) is 0 Å². The number of carbonyl (C=O) groups is 3. The Morgan fingerprint density at radius 1 is 1.28 bits per heavy atom. The van der Waals surface area contributed by atoms with Gasteiger partial charge in [-0.25, -0.2) is 4.79 Å². The zero-order chi connectivity index (χ0) is 21.4. The molecule has 0 aromatic heterocycles. The molecule has 0 bridgehead atoms. The number of hydrogen-bond donors (Lipinski definition) is 5. The quantitative estimate of drug-likeness (QED) is 0.315. The van der Waals surface area contributed by atoms with Crippen LogP contribution in [0.5, 0.6) is 0 Å². The molecule has 29 heavy (non-hydrogen) atoms. The van der Waals surface area contributed by atoms with Crippen molar-refractivity contribution in [2.24, 2.45) is 5.92 Å². The first-order valence-corrected chi connectivity index (χ1v) is 10.3. The van der Waals surface area contributed by atoms with Crippen molar-refractivity contribution in [3.05, 3.63) is 35.9 Å². The molecule has 0 saturated carbocycles. The molecule has 12 heteroatoms. The summed E-state index contributed by atoms with van der Waals surface area (Å²) >= 11 is 0. The predicted octanol–water partition coefficient (Wildman–Crippen LogP) is -0.870. The van der Waals surface area contributed by atoms with E-state index in [0.29, 0.717) is 13.0 Å². The lowest BCUT2D eigenvalue weighted by Crippen LogP contribution is -2.50. The van der Waals surface area contributed by atoms with Crippen LogP contribution in [0.2, 0.25) is 0 Å². The van der Waals surface area contributed by atoms with Crippen LogP contribution < -0.4 is 16.0 Å². The van der Waals surface area contributed by atoms with E-state index < -0.39 is 46.1 Å². The second-order valence-corrected chi connectivity index (χ2v) is 8.02. The van der Waals surface area contributed by atoms with E-state index in [1.807, 2.05) is 0 Å². The molecule has 1 aromatic rings. The molecule has 1 saturated heterocycles. The summed E-state index contributed by atoms with van der Waals surface area (Å²) in [6, 6.07) is 7.42. The molecule has 1 fully saturated rings. The van der Waals surface area contributed by atoms with Crippen LogP contribution in [0.4, 0.5) is 4.79 Å². The molecule has 1 aromatic carbocycles. The van der Waals surface area contributed by atoms with Gasteiger partial charge in [-0.1, -0.05) is 30.3 Å². The number of aliphatic hydroxyl groups excluding tert-OH is 1. The summed E-state index contributed by atoms with van der Waals surface area (Å²) in [4.78, 5) is 35.4. The molecule has 160 valence electrons. The lowest BCUT2D eigenvalue weighted by Gasteiger charge is -2.24. The van der Waals surface area contributed by atoms with E-state index in [1.54, 1.807) is 30.3 Å². The third kappa shape index (κ3) is 7.33. The molecular weight excluding hydrogens is 406 g/mol. The normalized spacial score (nSPS) is 18.4. The van der Waals surface area contributed by atoms with Crippen molar-refractivity contribution >= 4 is 28.0 Å². The summed E-state index contributed by atoms with van der Waals surface area (Å²) in [5.74, 6) is -1.79. The van der Waals surface area contributed by atoms with Crippen LogP contribution in [-0.2, 0) is 31.1 Å². The molecular formula is C17H23N3O8S. The van der Waals surface area contributed by atoms with Crippen LogP contribution >= 0.6 is 0 Å². The molecule has 3 atom stereocenters. The molecule has 3 amide bonds. The molecule has 1 aliphatic rings. The summed E-state index contributed by atoms with van der Waals surface area (Å²) in [6.45, 7) is -0.171. The number of benzene rings is 1. The van der Waals surface area contributed by atoms with Crippen molar-refractivity contribution in [1.82, 2.24) is 16.0 Å². The van der Waals surface area contributed by atoms with Gasteiger partial charge in [0, 0.05) is 12.5 Å². The first kappa shape index (κ1) is 22.6. The van der Waals surface area contributed by atoms with Crippen LogP contribution in [0, 0.1) is 5.92 Å². The molecule has 0 radical (unpaired) electrons. The Balaban J connectivity index is 1.86. The lowest BCUT2D eigenvalue weighted by molar-refractivity contribution is -0.124. The highest BCUT2D eigenvalue weighted by Gasteiger charge is 2.36. The van der Waals surface area contributed by atoms with Gasteiger partial charge in [-0.3, -0.25) is 14.1 Å². The van der Waals surface area contributed by atoms with E-state index in [4.69, 9.17) is 9.29 Å². The number of aliphatic hydroxyl groups is 1. The first-order chi connectivity index (χ1) is 13.7. The average molecular weight is 429 g/mol. The lowest BCUT2D eigenvalue weighted by atomic mass is 9.98. The highest BCUT2D eigenvalue weighted by molar-refractivity contribution is 7.86. The molecule has 1 heterocycles. The van der Waals surface area contributed by atoms with Gasteiger partial charge in [0.1, 0.15) is 13.2 Å². The largest absolute Gasteiger partial charge is 0.445 e. The average Bonchev–Trinajstić information content (AvgIpc) is 3.08. The maximum atomic E-state index is 12.0. The van der Waals surface area contributed by atoms with E-state index in [2.05, 4.69) is 16.0 Å². The molecule has 2 rings (SSSR count). The summed E-state index contributed by atoms with van der Waals surface area (Å²) in [6.07, 6.45) is -0.671. The maximum Gasteiger partial charge on any atom is 0.407 e. The van der Waals surface area contributed by atoms with Gasteiger partial charge in [0.05, 0.1) is 6.04 Å². The summed E-state index contributed by atoms with van der Waals surface area (Å²) < 4.78 is 36.5. The van der Waals surface area contributed by atoms with E-state index in [1.165, 1.54) is 0 Å². The summed E-state index contributed by atoms with van der Waals surface area (Å²) in [7, 11) is -4.88. The van der Waals surface area contributed by atoms with Gasteiger partial charge in [-0.15, -0.1) is 0 Å². The number of amides is 3. The third-order valence-corrected chi connectivity index (χ3v) is 5.24. The third-order valence-electron chi connectivity index (χ3n) is 4.30. The fourth-order valence-corrected chi connectivity index (χ4v) is 3.41. The van der Waals surface area contributed by atoms with Crippen molar-refractivity contribution in [2.45, 2.75) is 30.9 Å². The highest BCUT2D eigenvalue weighted by Crippen LogP contribution is 2.19. The Bertz CT molecular complexity index is 830. The number of carbonyl (C=O) groups excluding carboxylic acids is 3. The minimum absolute atomic E-state index is 0.00478. The number of rotatable bonds is 9. The summed E-state index contributed by atoms with van der Waals surface area (Å²) in [5, 5.41) is 16.8. The van der Waals surface area contributed by atoms with E-state index in [9.17, 15) is 27.9 Å². The second-order valence-electron chi connectivity index (χ2n) is 6.51. The van der Waals surface area contributed by atoms with Gasteiger partial charge in [0.2, 0.25) is 17.3 Å². The molecule has 0 spiro atoms. The predicted molar refractivity (Wildman–Crippen MR) is 99.8 cm³/mol. The molecule has 1 aliphatic heterocycles. The number of nitrogens with one attached hydrogen (secondary N) is 3. The van der Waals surface area contributed by atoms with Gasteiger partial charge < -0.3 is 25.8 Å². The van der Waals surface area contributed by atoms with Crippen molar-refractivity contribution in [1.29, 1.82) is 0 Å². The zero-order valence-electron chi connectivity index (χ0n) is 15.4. The molecule has 1 unspecified atom stereocenters. The number of ether oxygens (including phenoxy) is 1. The second kappa shape index (κ2) is 10.2. The highest BCUT2D eigenvalue weighted by atomic mass is 32.2. The SMILES string of the molecule is O=C(CNC(=O)OCc1ccccc1)N[C@@H](C[C@@H]1CCNC1=O)C(O)S(=O)(=O)O. The fourth-order valence-electron chi connectivity index (χ4n) is 2.82. The first-order valence-electron chi connectivity index (χ1n) is 8.83. The minimum Gasteiger partial charge on any atom is -0.445 e. The topological polar surface area (TPSA) is 171 Å². The van der Waals surface area contributed by atoms with Crippen molar-refractivity contribution < 1.29 is 37.2 Å². The summed E-state index contributed by atoms with van der Waals surface area (Å²) in [5.41, 5.74) is -1.57. The van der Waals surface area contributed by atoms with Gasteiger partial charge in [-0.2, -0.15) is 8.42 Å². The smallest absolute Gasteiger partial charge is 0.407 e. The van der Waals surface area contributed by atoms with Gasteiger partial charge >= 0.3 is 6.09 Å². The standard InChI is InChI=1S/C17H23N3O8S/c21-14(9-19-17(24)28-10-11-4-2-1-3-5-11)20-13(16(23)29(25,26)27)8-12-6-7-18-15(12)22/h1-5,12-13,16,23H,6-10H2,(H,18,22)(H,19,24)(H,20,21)(H,25,26,27)/t12-,13-,16?/m0/s1. The number of alkyl carbamates (subject to hydrolysis) is 1. The molecule has 5 N–H and O–H groups in total. The zero-order valence-corrected chi connectivity index (χ0v) is 16.2. The van der Waals surface area contributed by atoms with Crippen LogP contribution in [0.3, 0.4) is 0 Å². The minimum atomic E-state index is -4.88. The van der Waals surface area contributed by atoms with E-state index in [0.717, 1.165) is 5.56 Å². The monoisotopic (exact) mass is 429 g/mol. The Morgan fingerprint density at radius 3 is 2.55 bits per heavy atom. The van der Waals surface area contributed by atoms with Crippen molar-refractivity contribution in [2.75, 3.05) is 13.1 Å². The van der Waals surface area contributed by atoms with Crippen LogP contribution in [0.1, 0.15) is 18.4 Å². The Kier molecular flexibility index (Phi) is 7.93. The molecule has 11 nitrogen and oxygen atoms in total. The van der Waals surface area contributed by atoms with Crippen LogP contribution in [0.15, 0.2) is 30.3 Å². The van der Waals surface area contributed by atoms with E-state index in [-0.39, 0.29) is 18.9 Å². The van der Waals surface area contributed by atoms with Gasteiger partial charge in [0.15, 0.2) is 0 Å². The Hall–Kier alpha value is -2.70. The van der Waals surface area contributed by atoms with Crippen LogP contribution in [-0.4, -0.2) is 60.6 Å². The number of hydrogen-bond acceptors (Lipinski definition) is 7. The van der Waals surface area contributed by atoms with E-state index >= 15 is 0 Å². The van der Waals surface area contributed by atoms with Crippen molar-refractivity contribution in [3.8, 4) is 0 Å². The van der Waals surface area contributed by atoms with Gasteiger partial charge in [0.25, 0.3) is 10.1 Å². The molecule has 0 aliphatic carbocycles. The van der Waals surface area contributed by atoms with Gasteiger partial charge in [-0.05, 0) is 18.4 Å².